The average molecular weight is 511 g/mol. The molecule has 0 fully saturated rings. The van der Waals surface area contributed by atoms with Gasteiger partial charge in [-0.2, -0.15) is 4.31 Å². The Bertz CT molecular complexity index is 1300. The van der Waals surface area contributed by atoms with Crippen LogP contribution in [0.15, 0.2) is 59.5 Å². The fourth-order valence-corrected chi connectivity index (χ4v) is 5.14. The maximum Gasteiger partial charge on any atom is 0.337 e. The minimum Gasteiger partial charge on any atom is -0.465 e. The molecule has 0 saturated carbocycles. The third-order valence-electron chi connectivity index (χ3n) is 5.30. The second-order valence-electron chi connectivity index (χ2n) is 7.26. The van der Waals surface area contributed by atoms with Crippen LogP contribution in [-0.2, 0) is 21.3 Å². The quantitative estimate of drug-likeness (QED) is 0.439. The number of aromatic nitrogens is 2. The molecule has 0 radical (unpaired) electrons. The molecule has 0 aliphatic carbocycles. The highest BCUT2D eigenvalue weighted by molar-refractivity contribution is 7.89. The zero-order valence-electron chi connectivity index (χ0n) is 19.2. The number of hydrogen-bond acceptors (Lipinski definition) is 6. The van der Waals surface area contributed by atoms with E-state index in [0.717, 1.165) is 0 Å². The van der Waals surface area contributed by atoms with Crippen LogP contribution in [0.25, 0.3) is 22.2 Å². The van der Waals surface area contributed by atoms with Crippen molar-refractivity contribution in [3.8, 4) is 11.1 Å². The van der Waals surface area contributed by atoms with Gasteiger partial charge in [-0.3, -0.25) is 0 Å². The minimum absolute atomic E-state index is 0. The molecular formula is C23H28ClFN4O4S. The molecule has 3 rings (SSSR count). The van der Waals surface area contributed by atoms with Gasteiger partial charge in [-0.15, -0.1) is 12.4 Å². The van der Waals surface area contributed by atoms with E-state index < -0.39 is 21.8 Å². The van der Waals surface area contributed by atoms with E-state index in [-0.39, 0.29) is 36.0 Å². The number of carbonyl (C=O) groups excluding carboxylic acids is 1. The van der Waals surface area contributed by atoms with E-state index in [0.29, 0.717) is 35.2 Å². The number of ether oxygens (including phenoxy) is 1. The summed E-state index contributed by atoms with van der Waals surface area (Å²) in [6.07, 6.45) is 2.73. The number of sulfonamides is 1. The van der Waals surface area contributed by atoms with E-state index in [1.165, 1.54) is 29.9 Å². The monoisotopic (exact) mass is 510 g/mol. The smallest absolute Gasteiger partial charge is 0.337 e. The highest BCUT2D eigenvalue weighted by Gasteiger charge is 2.23. The summed E-state index contributed by atoms with van der Waals surface area (Å²) < 4.78 is 48.0. The van der Waals surface area contributed by atoms with Gasteiger partial charge in [0, 0.05) is 25.2 Å². The average Bonchev–Trinajstić information content (AvgIpc) is 3.21. The van der Waals surface area contributed by atoms with E-state index >= 15 is 0 Å². The van der Waals surface area contributed by atoms with Crippen LogP contribution in [0.1, 0.15) is 24.2 Å². The molecule has 2 aromatic carbocycles. The number of nitrogens with zero attached hydrogens (tertiary/aromatic N) is 3. The van der Waals surface area contributed by atoms with Crippen LogP contribution in [-0.4, -0.2) is 55.0 Å². The standard InChI is InChI=1S/C23H27FN4O4S.ClH/c1-4-28(5-2)33(30,31)19-8-6-7-16(11-19)20-12-17(23(29)32-3)13-21-22(20)26-15-27(21)14-18(24)9-10-25;/h6-9,11-13,15H,4-5,10,14,25H2,1-3H3;1H/b18-9-;. The molecule has 34 heavy (non-hydrogen) atoms. The first-order valence-corrected chi connectivity index (χ1v) is 11.9. The van der Waals surface area contributed by atoms with Crippen molar-refractivity contribution in [1.29, 1.82) is 0 Å². The van der Waals surface area contributed by atoms with E-state index in [9.17, 15) is 17.6 Å². The third-order valence-corrected chi connectivity index (χ3v) is 7.34. The van der Waals surface area contributed by atoms with Gasteiger partial charge < -0.3 is 15.0 Å². The molecule has 0 amide bonds. The molecule has 1 heterocycles. The summed E-state index contributed by atoms with van der Waals surface area (Å²) >= 11 is 0. The van der Waals surface area contributed by atoms with Crippen molar-refractivity contribution in [2.45, 2.75) is 25.3 Å². The SMILES string of the molecule is CCN(CC)S(=O)(=O)c1cccc(-c2cc(C(=O)OC)cc3c2ncn3C/C(F)=C/CN)c1.Cl. The maximum atomic E-state index is 14.1. The lowest BCUT2D eigenvalue weighted by molar-refractivity contribution is 0.0601. The number of fused-ring (bicyclic) bond motifs is 1. The van der Waals surface area contributed by atoms with Crippen molar-refractivity contribution in [2.24, 2.45) is 5.73 Å². The van der Waals surface area contributed by atoms with Gasteiger partial charge in [0.25, 0.3) is 0 Å². The molecule has 8 nitrogen and oxygen atoms in total. The van der Waals surface area contributed by atoms with E-state index in [2.05, 4.69) is 4.98 Å². The first-order chi connectivity index (χ1) is 15.8. The molecule has 1 aromatic heterocycles. The van der Waals surface area contributed by atoms with Crippen molar-refractivity contribution in [3.05, 3.63) is 60.2 Å². The van der Waals surface area contributed by atoms with Crippen LogP contribution >= 0.6 is 12.4 Å². The van der Waals surface area contributed by atoms with Gasteiger partial charge in [0.1, 0.15) is 5.83 Å². The molecule has 0 spiro atoms. The minimum atomic E-state index is -3.69. The second-order valence-corrected chi connectivity index (χ2v) is 9.20. The van der Waals surface area contributed by atoms with Gasteiger partial charge in [-0.25, -0.2) is 22.6 Å². The molecule has 0 unspecified atom stereocenters. The fourth-order valence-electron chi connectivity index (χ4n) is 3.64. The summed E-state index contributed by atoms with van der Waals surface area (Å²) in [6, 6.07) is 9.64. The van der Waals surface area contributed by atoms with Crippen molar-refractivity contribution in [3.63, 3.8) is 0 Å². The van der Waals surface area contributed by atoms with Gasteiger partial charge in [-0.05, 0) is 35.9 Å². The Labute approximate surface area is 204 Å². The molecule has 11 heteroatoms. The Morgan fingerprint density at radius 2 is 1.94 bits per heavy atom. The Hall–Kier alpha value is -2.79. The van der Waals surface area contributed by atoms with Crippen LogP contribution in [0.2, 0.25) is 0 Å². The van der Waals surface area contributed by atoms with Gasteiger partial charge in [0.2, 0.25) is 10.0 Å². The lowest BCUT2D eigenvalue weighted by atomic mass is 10.0. The zero-order valence-corrected chi connectivity index (χ0v) is 20.8. The maximum absolute atomic E-state index is 14.1. The Balaban J connectivity index is 0.00000408. The first-order valence-electron chi connectivity index (χ1n) is 10.5. The summed E-state index contributed by atoms with van der Waals surface area (Å²) in [5.41, 5.74) is 7.72. The summed E-state index contributed by atoms with van der Waals surface area (Å²) in [7, 11) is -2.42. The van der Waals surface area contributed by atoms with Gasteiger partial charge in [0.15, 0.2) is 0 Å². The van der Waals surface area contributed by atoms with E-state index in [1.807, 2.05) is 0 Å². The molecule has 0 atom stereocenters. The van der Waals surface area contributed by atoms with Crippen molar-refractivity contribution >= 4 is 39.4 Å². The zero-order chi connectivity index (χ0) is 24.2. The number of benzene rings is 2. The molecule has 0 aliphatic rings. The Morgan fingerprint density at radius 3 is 2.56 bits per heavy atom. The van der Waals surface area contributed by atoms with Gasteiger partial charge in [0.05, 0.1) is 41.5 Å². The molecule has 184 valence electrons. The predicted octanol–water partition coefficient (Wildman–Crippen LogP) is 3.75. The molecule has 0 saturated heterocycles. The van der Waals surface area contributed by atoms with E-state index in [4.69, 9.17) is 10.5 Å². The third kappa shape index (κ3) is 5.47. The summed E-state index contributed by atoms with van der Waals surface area (Å²) in [4.78, 5) is 16.9. The summed E-state index contributed by atoms with van der Waals surface area (Å²) in [6.45, 7) is 4.20. The van der Waals surface area contributed by atoms with Crippen molar-refractivity contribution in [1.82, 2.24) is 13.9 Å². The second kappa shape index (κ2) is 11.6. The largest absolute Gasteiger partial charge is 0.465 e. The van der Waals surface area contributed by atoms with Crippen molar-refractivity contribution < 1.29 is 22.3 Å². The normalized spacial score (nSPS) is 12.1. The molecule has 0 aliphatic heterocycles. The number of esters is 1. The Kier molecular flexibility index (Phi) is 9.34. The predicted molar refractivity (Wildman–Crippen MR) is 132 cm³/mol. The van der Waals surface area contributed by atoms with Crippen LogP contribution in [0.5, 0.6) is 0 Å². The van der Waals surface area contributed by atoms with E-state index in [1.54, 1.807) is 48.7 Å². The van der Waals surface area contributed by atoms with Crippen LogP contribution < -0.4 is 5.73 Å². The lowest BCUT2D eigenvalue weighted by Gasteiger charge is -2.19. The molecule has 0 bridgehead atoms. The number of carbonyl (C=O) groups is 1. The topological polar surface area (TPSA) is 108 Å². The fraction of sp³-hybridized carbons (Fsp3) is 0.304. The number of methoxy groups -OCH3 is 1. The molecule has 3 aromatic rings. The van der Waals surface area contributed by atoms with Crippen LogP contribution in [0, 0.1) is 0 Å². The number of halogens is 2. The van der Waals surface area contributed by atoms with Crippen LogP contribution in [0.3, 0.4) is 0 Å². The Morgan fingerprint density at radius 1 is 1.24 bits per heavy atom. The van der Waals surface area contributed by atoms with Gasteiger partial charge in [-0.1, -0.05) is 26.0 Å². The number of imidazole rings is 1. The highest BCUT2D eigenvalue weighted by atomic mass is 35.5. The first kappa shape index (κ1) is 27.5. The molecule has 2 N–H and O–H groups in total. The molecular weight excluding hydrogens is 483 g/mol. The highest BCUT2D eigenvalue weighted by Crippen LogP contribution is 2.32. The van der Waals surface area contributed by atoms with Crippen LogP contribution in [0.4, 0.5) is 4.39 Å². The number of rotatable bonds is 9. The lowest BCUT2D eigenvalue weighted by Crippen LogP contribution is -2.30. The summed E-state index contributed by atoms with van der Waals surface area (Å²) in [5.74, 6) is -1.01. The number of hydrogen-bond donors (Lipinski definition) is 1. The van der Waals surface area contributed by atoms with Gasteiger partial charge >= 0.3 is 5.97 Å². The van der Waals surface area contributed by atoms with Crippen molar-refractivity contribution in [2.75, 3.05) is 26.7 Å². The number of allylic oxidation sites excluding steroid dienone is 1. The number of nitrogens with two attached hydrogens (primary N) is 1. The summed E-state index contributed by atoms with van der Waals surface area (Å²) in [5, 5.41) is 0.